The van der Waals surface area contributed by atoms with E-state index in [0.717, 1.165) is 25.1 Å². The van der Waals surface area contributed by atoms with Crippen LogP contribution in [-0.4, -0.2) is 12.3 Å². The Balaban J connectivity index is 3.26. The minimum absolute atomic E-state index is 0.937. The van der Waals surface area contributed by atoms with Gasteiger partial charge in [-0.3, -0.25) is 4.99 Å². The highest BCUT2D eigenvalue weighted by Crippen LogP contribution is 1.84. The van der Waals surface area contributed by atoms with Crippen LogP contribution < -0.4 is 0 Å². The van der Waals surface area contributed by atoms with Crippen molar-refractivity contribution in [2.45, 2.75) is 26.7 Å². The summed E-state index contributed by atoms with van der Waals surface area (Å²) in [7, 11) is 0. The number of hydrogen-bond acceptors (Lipinski definition) is 1. The normalized spacial score (nSPS) is 12.1. The molecule has 0 aliphatic heterocycles. The lowest BCUT2D eigenvalue weighted by Gasteiger charge is -1.90. The van der Waals surface area contributed by atoms with Crippen LogP contribution in [-0.2, 0) is 0 Å². The monoisotopic (exact) mass is 112 g/mol. The second kappa shape index (κ2) is 4.82. The summed E-state index contributed by atoms with van der Waals surface area (Å²) in [6.45, 7) is 8.87. The van der Waals surface area contributed by atoms with Crippen molar-refractivity contribution in [3.63, 3.8) is 0 Å². The van der Waals surface area contributed by atoms with E-state index in [0.29, 0.717) is 0 Å². The molecule has 0 N–H and O–H groups in total. The number of nitrogens with zero attached hydrogens (tertiary/aromatic N) is 1. The van der Waals surface area contributed by atoms with Gasteiger partial charge in [0.1, 0.15) is 0 Å². The summed E-state index contributed by atoms with van der Waals surface area (Å²) in [6, 6.07) is 0. The van der Waals surface area contributed by atoms with Gasteiger partial charge in [-0.05, 0) is 19.8 Å². The van der Waals surface area contributed by atoms with E-state index in [1.807, 2.05) is 0 Å². The predicted molar refractivity (Wildman–Crippen MR) is 38.2 cm³/mol. The van der Waals surface area contributed by atoms with Gasteiger partial charge in [0.05, 0.1) is 0 Å². The summed E-state index contributed by atoms with van der Waals surface area (Å²) in [4.78, 5) is 4.17. The van der Waals surface area contributed by atoms with Gasteiger partial charge >= 0.3 is 0 Å². The Bertz CT molecular complexity index is 74.5. The molecule has 1 radical (unpaired) electrons. The highest BCUT2D eigenvalue weighted by atomic mass is 14.7. The van der Waals surface area contributed by atoms with E-state index in [4.69, 9.17) is 0 Å². The first-order valence-electron chi connectivity index (χ1n) is 3.16. The van der Waals surface area contributed by atoms with Crippen LogP contribution in [0.5, 0.6) is 0 Å². The fraction of sp³-hybridized carbons (Fsp3) is 0.714. The van der Waals surface area contributed by atoms with Crippen LogP contribution in [0.2, 0.25) is 0 Å². The minimum atomic E-state index is 0.937. The molecule has 0 aliphatic rings. The van der Waals surface area contributed by atoms with Crippen molar-refractivity contribution in [3.05, 3.63) is 6.92 Å². The largest absolute Gasteiger partial charge is 0.294 e. The molecule has 0 heterocycles. The third-order valence-corrected chi connectivity index (χ3v) is 0.967. The van der Waals surface area contributed by atoms with Crippen molar-refractivity contribution in [1.29, 1.82) is 0 Å². The van der Waals surface area contributed by atoms with Gasteiger partial charge in [0.15, 0.2) is 0 Å². The Morgan fingerprint density at radius 2 is 2.12 bits per heavy atom. The Morgan fingerprint density at radius 3 is 2.50 bits per heavy atom. The first-order valence-corrected chi connectivity index (χ1v) is 3.16. The van der Waals surface area contributed by atoms with Crippen LogP contribution in [0.25, 0.3) is 0 Å². The van der Waals surface area contributed by atoms with Gasteiger partial charge in [-0.15, -0.1) is 0 Å². The first kappa shape index (κ1) is 7.67. The van der Waals surface area contributed by atoms with Gasteiger partial charge in [-0.25, -0.2) is 0 Å². The summed E-state index contributed by atoms with van der Waals surface area (Å²) in [6.07, 6.45) is 2.11. The quantitative estimate of drug-likeness (QED) is 0.496. The molecule has 0 saturated carbocycles. The van der Waals surface area contributed by atoms with Crippen molar-refractivity contribution in [3.8, 4) is 0 Å². The lowest BCUT2D eigenvalue weighted by Crippen LogP contribution is -1.89. The minimum Gasteiger partial charge on any atom is -0.294 e. The fourth-order valence-corrected chi connectivity index (χ4v) is 0.382. The maximum atomic E-state index is 4.17. The average molecular weight is 112 g/mol. The highest BCUT2D eigenvalue weighted by Gasteiger charge is 1.81. The zero-order valence-corrected chi connectivity index (χ0v) is 5.78. The van der Waals surface area contributed by atoms with Gasteiger partial charge in [-0.2, -0.15) is 0 Å². The van der Waals surface area contributed by atoms with E-state index in [1.165, 1.54) is 0 Å². The van der Waals surface area contributed by atoms with Crippen LogP contribution >= 0.6 is 0 Å². The second-order valence-corrected chi connectivity index (χ2v) is 1.80. The fourth-order valence-electron chi connectivity index (χ4n) is 0.382. The predicted octanol–water partition coefficient (Wildman–Crippen LogP) is 2.08. The molecule has 0 aromatic heterocycles. The molecule has 1 nitrogen and oxygen atoms in total. The molecule has 0 atom stereocenters. The van der Waals surface area contributed by atoms with Crippen LogP contribution in [0.3, 0.4) is 0 Å². The summed E-state index contributed by atoms with van der Waals surface area (Å²) in [5.41, 5.74) is 1.02. The van der Waals surface area contributed by atoms with Crippen molar-refractivity contribution in [2.75, 3.05) is 6.54 Å². The molecule has 0 spiro atoms. The Morgan fingerprint density at radius 1 is 1.50 bits per heavy atom. The SMILES string of the molecule is [CH2]/C(CC)=N\CCC. The average Bonchev–Trinajstić information content (AvgIpc) is 1.83. The summed E-state index contributed by atoms with van der Waals surface area (Å²) in [5.74, 6) is 0. The summed E-state index contributed by atoms with van der Waals surface area (Å²) < 4.78 is 0. The van der Waals surface area contributed by atoms with E-state index in [-0.39, 0.29) is 0 Å². The molecule has 0 fully saturated rings. The molecule has 47 valence electrons. The van der Waals surface area contributed by atoms with Crippen molar-refractivity contribution < 1.29 is 0 Å². The van der Waals surface area contributed by atoms with Gasteiger partial charge in [0.25, 0.3) is 0 Å². The zero-order valence-electron chi connectivity index (χ0n) is 5.78. The topological polar surface area (TPSA) is 12.4 Å². The molecule has 1 heteroatoms. The van der Waals surface area contributed by atoms with Crippen LogP contribution in [0.1, 0.15) is 26.7 Å². The van der Waals surface area contributed by atoms with Gasteiger partial charge in [0, 0.05) is 12.3 Å². The smallest absolute Gasteiger partial charge is 0.0386 e. The van der Waals surface area contributed by atoms with E-state index in [9.17, 15) is 0 Å². The van der Waals surface area contributed by atoms with E-state index in [1.54, 1.807) is 0 Å². The van der Waals surface area contributed by atoms with Crippen molar-refractivity contribution in [1.82, 2.24) is 0 Å². The second-order valence-electron chi connectivity index (χ2n) is 1.80. The van der Waals surface area contributed by atoms with Gasteiger partial charge in [0.2, 0.25) is 0 Å². The Hall–Kier alpha value is -0.330. The van der Waals surface area contributed by atoms with Gasteiger partial charge < -0.3 is 0 Å². The van der Waals surface area contributed by atoms with Crippen LogP contribution in [0, 0.1) is 6.92 Å². The van der Waals surface area contributed by atoms with E-state index < -0.39 is 0 Å². The number of rotatable bonds is 3. The molecule has 0 saturated heterocycles. The lowest BCUT2D eigenvalue weighted by molar-refractivity contribution is 0.927. The molecule has 0 bridgehead atoms. The third-order valence-electron chi connectivity index (χ3n) is 0.967. The van der Waals surface area contributed by atoms with Crippen LogP contribution in [0.15, 0.2) is 4.99 Å². The van der Waals surface area contributed by atoms with Gasteiger partial charge in [-0.1, -0.05) is 13.8 Å². The van der Waals surface area contributed by atoms with Crippen molar-refractivity contribution >= 4 is 5.71 Å². The highest BCUT2D eigenvalue weighted by molar-refractivity contribution is 5.88. The summed E-state index contributed by atoms with van der Waals surface area (Å²) >= 11 is 0. The molecule has 0 unspecified atom stereocenters. The molecule has 0 aliphatic carbocycles. The molecule has 8 heavy (non-hydrogen) atoms. The number of aliphatic imine (C=N–C) groups is 1. The molecule has 0 amide bonds. The summed E-state index contributed by atoms with van der Waals surface area (Å²) in [5, 5.41) is 0. The molecule has 0 rings (SSSR count). The Kier molecular flexibility index (Phi) is 4.62. The number of hydrogen-bond donors (Lipinski definition) is 0. The third kappa shape index (κ3) is 3.85. The van der Waals surface area contributed by atoms with E-state index in [2.05, 4.69) is 25.8 Å². The molecular weight excluding hydrogens is 98.1 g/mol. The molecule has 0 aromatic rings. The van der Waals surface area contributed by atoms with E-state index >= 15 is 0 Å². The first-order chi connectivity index (χ1) is 3.81. The lowest BCUT2D eigenvalue weighted by atomic mass is 10.3. The maximum Gasteiger partial charge on any atom is 0.0386 e. The molecular formula is C7H14N. The van der Waals surface area contributed by atoms with Crippen LogP contribution in [0.4, 0.5) is 0 Å². The molecule has 0 aromatic carbocycles. The maximum absolute atomic E-state index is 4.17. The zero-order chi connectivity index (χ0) is 6.41. The standard InChI is InChI=1S/C7H14N/c1-4-6-8-7(3)5-2/h3-6H2,1-2H3/b8-7+. The van der Waals surface area contributed by atoms with Crippen molar-refractivity contribution in [2.24, 2.45) is 4.99 Å². The Labute approximate surface area is 51.8 Å².